The molecule has 0 saturated carbocycles. The fourth-order valence-corrected chi connectivity index (χ4v) is 3.88. The molecule has 1 unspecified atom stereocenters. The van der Waals surface area contributed by atoms with Crippen LogP contribution in [0.5, 0.6) is 11.5 Å². The van der Waals surface area contributed by atoms with E-state index >= 15 is 0 Å². The topological polar surface area (TPSA) is 67.9 Å². The van der Waals surface area contributed by atoms with Crippen LogP contribution in [0.15, 0.2) is 35.7 Å². The average molecular weight is 388 g/mol. The Morgan fingerprint density at radius 3 is 2.78 bits per heavy atom. The van der Waals surface area contributed by atoms with Gasteiger partial charge in [-0.05, 0) is 35.6 Å². The van der Waals surface area contributed by atoms with Crippen molar-refractivity contribution in [1.82, 2.24) is 10.2 Å². The molecule has 1 atom stereocenters. The summed E-state index contributed by atoms with van der Waals surface area (Å²) in [6.45, 7) is 1.86. The summed E-state index contributed by atoms with van der Waals surface area (Å²) >= 11 is 1.42. The number of likely N-dealkylation sites (tertiary alicyclic amines) is 1. The van der Waals surface area contributed by atoms with Gasteiger partial charge in [-0.25, -0.2) is 0 Å². The van der Waals surface area contributed by atoms with Crippen LogP contribution in [0.1, 0.15) is 21.7 Å². The predicted octanol–water partition coefficient (Wildman–Crippen LogP) is 2.59. The maximum atomic E-state index is 12.3. The summed E-state index contributed by atoms with van der Waals surface area (Å²) in [6, 6.07) is 9.46. The molecular weight excluding hydrogens is 364 g/mol. The lowest BCUT2D eigenvalue weighted by atomic mass is 10.1. The van der Waals surface area contributed by atoms with Gasteiger partial charge in [0.2, 0.25) is 5.91 Å². The molecule has 6 nitrogen and oxygen atoms in total. The molecule has 0 bridgehead atoms. The van der Waals surface area contributed by atoms with Crippen molar-refractivity contribution >= 4 is 23.2 Å². The molecule has 1 aliphatic rings. The number of rotatable bonds is 8. The molecule has 1 saturated heterocycles. The van der Waals surface area contributed by atoms with Crippen LogP contribution in [0, 0.1) is 5.92 Å². The van der Waals surface area contributed by atoms with Crippen molar-refractivity contribution < 1.29 is 19.1 Å². The molecule has 1 aromatic heterocycles. The Labute approximate surface area is 163 Å². The maximum absolute atomic E-state index is 12.3. The average Bonchev–Trinajstić information content (AvgIpc) is 3.34. The van der Waals surface area contributed by atoms with E-state index in [0.717, 1.165) is 12.0 Å². The van der Waals surface area contributed by atoms with Gasteiger partial charge in [0, 0.05) is 32.0 Å². The number of amides is 2. The highest BCUT2D eigenvalue weighted by molar-refractivity contribution is 7.12. The zero-order chi connectivity index (χ0) is 19.2. The largest absolute Gasteiger partial charge is 0.493 e. The fraction of sp³-hybridized carbons (Fsp3) is 0.400. The summed E-state index contributed by atoms with van der Waals surface area (Å²) < 4.78 is 10.6. The first-order valence-corrected chi connectivity index (χ1v) is 9.79. The van der Waals surface area contributed by atoms with Crippen LogP contribution < -0.4 is 14.8 Å². The van der Waals surface area contributed by atoms with Crippen LogP contribution >= 0.6 is 11.3 Å². The number of nitrogens with one attached hydrogen (secondary N) is 1. The number of nitrogens with zero attached hydrogens (tertiary/aromatic N) is 1. The fourth-order valence-electron chi connectivity index (χ4n) is 3.24. The van der Waals surface area contributed by atoms with Crippen molar-refractivity contribution in [3.05, 3.63) is 46.2 Å². The molecule has 0 aliphatic carbocycles. The number of benzene rings is 1. The lowest BCUT2D eigenvalue weighted by Crippen LogP contribution is -2.31. The number of hydrogen-bond donors (Lipinski definition) is 1. The van der Waals surface area contributed by atoms with Gasteiger partial charge < -0.3 is 19.7 Å². The molecule has 144 valence electrons. The lowest BCUT2D eigenvalue weighted by molar-refractivity contribution is -0.127. The smallest absolute Gasteiger partial charge is 0.261 e. The van der Waals surface area contributed by atoms with Crippen LogP contribution in [0.4, 0.5) is 0 Å². The van der Waals surface area contributed by atoms with Crippen molar-refractivity contribution in [3.63, 3.8) is 0 Å². The quantitative estimate of drug-likeness (QED) is 0.755. The molecule has 1 N–H and O–H groups in total. The van der Waals surface area contributed by atoms with Crippen molar-refractivity contribution in [3.8, 4) is 11.5 Å². The van der Waals surface area contributed by atoms with Gasteiger partial charge in [-0.15, -0.1) is 11.3 Å². The molecule has 0 spiro atoms. The molecule has 7 heteroatoms. The highest BCUT2D eigenvalue weighted by Crippen LogP contribution is 2.28. The van der Waals surface area contributed by atoms with E-state index in [1.807, 2.05) is 34.5 Å². The molecule has 1 aliphatic heterocycles. The number of carbonyl (C=O) groups is 2. The molecule has 2 amide bonds. The van der Waals surface area contributed by atoms with Crippen molar-refractivity contribution in [2.24, 2.45) is 5.92 Å². The molecule has 0 radical (unpaired) electrons. The van der Waals surface area contributed by atoms with Crippen LogP contribution in [0.2, 0.25) is 0 Å². The van der Waals surface area contributed by atoms with Gasteiger partial charge >= 0.3 is 0 Å². The molecular formula is C20H24N2O4S. The van der Waals surface area contributed by atoms with E-state index in [2.05, 4.69) is 5.32 Å². The molecule has 27 heavy (non-hydrogen) atoms. The number of hydrogen-bond acceptors (Lipinski definition) is 5. The Morgan fingerprint density at radius 2 is 2.07 bits per heavy atom. The van der Waals surface area contributed by atoms with E-state index in [0.29, 0.717) is 42.4 Å². The third-order valence-electron chi connectivity index (χ3n) is 4.71. The van der Waals surface area contributed by atoms with Gasteiger partial charge in [0.05, 0.1) is 19.1 Å². The van der Waals surface area contributed by atoms with E-state index in [9.17, 15) is 9.59 Å². The number of thiophene rings is 1. The summed E-state index contributed by atoms with van der Waals surface area (Å²) in [4.78, 5) is 26.9. The highest BCUT2D eigenvalue weighted by atomic mass is 32.1. The summed E-state index contributed by atoms with van der Waals surface area (Å²) in [6.07, 6.45) is 1.23. The lowest BCUT2D eigenvalue weighted by Gasteiger charge is -2.17. The van der Waals surface area contributed by atoms with Gasteiger partial charge in [0.1, 0.15) is 0 Å². The summed E-state index contributed by atoms with van der Waals surface area (Å²) in [7, 11) is 3.22. The van der Waals surface area contributed by atoms with E-state index in [4.69, 9.17) is 9.47 Å². The monoisotopic (exact) mass is 388 g/mol. The van der Waals surface area contributed by atoms with Crippen molar-refractivity contribution in [2.75, 3.05) is 33.9 Å². The van der Waals surface area contributed by atoms with E-state index in [-0.39, 0.29) is 17.7 Å². The van der Waals surface area contributed by atoms with Gasteiger partial charge in [-0.2, -0.15) is 0 Å². The van der Waals surface area contributed by atoms with E-state index < -0.39 is 0 Å². The van der Waals surface area contributed by atoms with Gasteiger partial charge in [0.15, 0.2) is 11.5 Å². The molecule has 1 aromatic carbocycles. The minimum absolute atomic E-state index is 0.0683. The van der Waals surface area contributed by atoms with Gasteiger partial charge in [-0.3, -0.25) is 9.59 Å². The van der Waals surface area contributed by atoms with Gasteiger partial charge in [-0.1, -0.05) is 12.1 Å². The Hall–Kier alpha value is -2.54. The minimum atomic E-state index is -0.0683. The second kappa shape index (κ2) is 8.90. The predicted molar refractivity (Wildman–Crippen MR) is 105 cm³/mol. The number of methoxy groups -OCH3 is 2. The van der Waals surface area contributed by atoms with E-state index in [1.165, 1.54) is 11.3 Å². The van der Waals surface area contributed by atoms with Crippen LogP contribution in [0.3, 0.4) is 0 Å². The zero-order valence-corrected chi connectivity index (χ0v) is 16.4. The molecule has 3 rings (SSSR count). The first-order chi connectivity index (χ1) is 13.1. The Balaban J connectivity index is 1.49. The molecule has 2 aromatic rings. The summed E-state index contributed by atoms with van der Waals surface area (Å²) in [5, 5.41) is 4.81. The van der Waals surface area contributed by atoms with Crippen molar-refractivity contribution in [1.29, 1.82) is 0 Å². The highest BCUT2D eigenvalue weighted by Gasteiger charge is 2.29. The van der Waals surface area contributed by atoms with Crippen LogP contribution in [-0.2, 0) is 11.2 Å². The number of ether oxygens (including phenoxy) is 2. The van der Waals surface area contributed by atoms with Crippen LogP contribution in [0.25, 0.3) is 0 Å². The minimum Gasteiger partial charge on any atom is -0.493 e. The second-order valence-corrected chi connectivity index (χ2v) is 7.48. The summed E-state index contributed by atoms with van der Waals surface area (Å²) in [5.74, 6) is 1.62. The zero-order valence-electron chi connectivity index (χ0n) is 15.6. The summed E-state index contributed by atoms with van der Waals surface area (Å²) in [5.41, 5.74) is 1.09. The standard InChI is InChI=1S/C20H24N2O4S/c1-25-16-6-5-14(10-17(16)26-2)7-8-22-13-15(11-19(22)23)12-21-20(24)18-4-3-9-27-18/h3-6,9-10,15H,7-8,11-13H2,1-2H3,(H,21,24). The third kappa shape index (κ3) is 4.80. The first kappa shape index (κ1) is 19.2. The maximum Gasteiger partial charge on any atom is 0.261 e. The molecule has 1 fully saturated rings. The normalized spacial score (nSPS) is 16.4. The second-order valence-electron chi connectivity index (χ2n) is 6.54. The number of carbonyl (C=O) groups excluding carboxylic acids is 2. The van der Waals surface area contributed by atoms with Gasteiger partial charge in [0.25, 0.3) is 5.91 Å². The third-order valence-corrected chi connectivity index (χ3v) is 5.58. The SMILES string of the molecule is COc1ccc(CCN2CC(CNC(=O)c3cccs3)CC2=O)cc1OC. The van der Waals surface area contributed by atoms with Crippen molar-refractivity contribution in [2.45, 2.75) is 12.8 Å². The van der Waals surface area contributed by atoms with Crippen LogP contribution in [-0.4, -0.2) is 50.6 Å². The Kier molecular flexibility index (Phi) is 6.34. The first-order valence-electron chi connectivity index (χ1n) is 8.91. The molecule has 2 heterocycles. The van der Waals surface area contributed by atoms with E-state index in [1.54, 1.807) is 20.3 Å². The Bertz CT molecular complexity index is 791. The Morgan fingerprint density at radius 1 is 1.26 bits per heavy atom.